The van der Waals surface area contributed by atoms with Crippen molar-refractivity contribution in [1.29, 1.82) is 0 Å². The lowest BCUT2D eigenvalue weighted by atomic mass is 9.99. The third-order valence-electron chi connectivity index (χ3n) is 15.3. The van der Waals surface area contributed by atoms with Gasteiger partial charge in [-0.15, -0.1) is 0 Å². The lowest BCUT2D eigenvalue weighted by Crippen LogP contribution is -2.30. The van der Waals surface area contributed by atoms with Gasteiger partial charge in [-0.25, -0.2) is 0 Å². The van der Waals surface area contributed by atoms with Crippen molar-refractivity contribution >= 4 is 17.9 Å². The maximum Gasteiger partial charge on any atom is 0.306 e. The van der Waals surface area contributed by atoms with E-state index in [0.717, 1.165) is 75.5 Å². The van der Waals surface area contributed by atoms with Gasteiger partial charge >= 0.3 is 17.9 Å². The molecule has 0 rings (SSSR count). The molecule has 71 heavy (non-hydrogen) atoms. The molecule has 0 aliphatic heterocycles. The van der Waals surface area contributed by atoms with Crippen LogP contribution in [-0.2, 0) is 28.6 Å². The fourth-order valence-electron chi connectivity index (χ4n) is 10.0. The Morgan fingerprint density at radius 3 is 0.732 bits per heavy atom. The average Bonchev–Trinajstić information content (AvgIpc) is 3.35. The van der Waals surface area contributed by atoms with Crippen LogP contribution < -0.4 is 0 Å². The molecule has 0 aliphatic carbocycles. The molecule has 0 N–H and O–H groups in total. The summed E-state index contributed by atoms with van der Waals surface area (Å²) >= 11 is 0. The molecule has 0 aromatic carbocycles. The van der Waals surface area contributed by atoms with Crippen molar-refractivity contribution in [3.05, 3.63) is 0 Å². The Morgan fingerprint density at radius 1 is 0.282 bits per heavy atom. The first-order chi connectivity index (χ1) is 34.6. The van der Waals surface area contributed by atoms with E-state index < -0.39 is 6.10 Å². The standard InChI is InChI=1S/C65H126O6/c1-7-61(6)53-47-41-35-29-23-16-12-10-8-9-11-13-17-26-32-38-44-50-56-65(68)71-62(58-70-64(67)55-49-43-37-31-25-20-19-22-28-34-40-46-52-60(4)5)57-69-63(66)54-48-42-36-30-24-18-14-15-21-27-33-39-45-51-59(2)3/h59-62H,7-58H2,1-6H3/t61?,62-/m1/s1. The topological polar surface area (TPSA) is 78.9 Å². The van der Waals surface area contributed by atoms with Gasteiger partial charge in [0.2, 0.25) is 0 Å². The van der Waals surface area contributed by atoms with Gasteiger partial charge in [0.05, 0.1) is 0 Å². The molecule has 0 aromatic heterocycles. The minimum absolute atomic E-state index is 0.0627. The summed E-state index contributed by atoms with van der Waals surface area (Å²) < 4.78 is 17.0. The van der Waals surface area contributed by atoms with Gasteiger partial charge in [0.15, 0.2) is 6.10 Å². The van der Waals surface area contributed by atoms with Gasteiger partial charge in [-0.05, 0) is 37.0 Å². The second kappa shape index (κ2) is 56.1. The third kappa shape index (κ3) is 57.5. The van der Waals surface area contributed by atoms with Crippen molar-refractivity contribution in [1.82, 2.24) is 0 Å². The molecule has 0 saturated heterocycles. The summed E-state index contributed by atoms with van der Waals surface area (Å²) in [6, 6.07) is 0. The maximum atomic E-state index is 12.9. The van der Waals surface area contributed by atoms with E-state index in [1.54, 1.807) is 0 Å². The number of ether oxygens (including phenoxy) is 3. The minimum atomic E-state index is -0.764. The smallest absolute Gasteiger partial charge is 0.306 e. The summed E-state index contributed by atoms with van der Waals surface area (Å²) in [4.78, 5) is 38.3. The van der Waals surface area contributed by atoms with Gasteiger partial charge in [-0.2, -0.15) is 0 Å². The molecule has 6 heteroatoms. The van der Waals surface area contributed by atoms with Gasteiger partial charge in [-0.1, -0.05) is 324 Å². The van der Waals surface area contributed by atoms with Crippen LogP contribution in [0.3, 0.4) is 0 Å². The third-order valence-corrected chi connectivity index (χ3v) is 15.3. The van der Waals surface area contributed by atoms with Crippen molar-refractivity contribution in [2.75, 3.05) is 13.2 Å². The molecule has 2 atom stereocenters. The first kappa shape index (κ1) is 69.4. The Balaban J connectivity index is 4.27. The number of carbonyl (C=O) groups excluding carboxylic acids is 3. The van der Waals surface area contributed by atoms with Crippen LogP contribution in [0, 0.1) is 17.8 Å². The quantitative estimate of drug-likeness (QED) is 0.0343. The molecule has 0 aromatic rings. The normalized spacial score (nSPS) is 12.5. The second-order valence-corrected chi connectivity index (χ2v) is 23.6. The van der Waals surface area contributed by atoms with Crippen molar-refractivity contribution in [2.24, 2.45) is 17.8 Å². The number of carbonyl (C=O) groups is 3. The van der Waals surface area contributed by atoms with Crippen LogP contribution in [0.2, 0.25) is 0 Å². The SMILES string of the molecule is CCC(C)CCCCCCCCCCCCCCCCCCCCC(=O)O[C@H](COC(=O)CCCCCCCCCCCCCCCC(C)C)COC(=O)CCCCCCCCCCCCCCC(C)C. The molecular weight excluding hydrogens is 877 g/mol. The molecular formula is C65H126O6. The van der Waals surface area contributed by atoms with E-state index in [0.29, 0.717) is 19.3 Å². The van der Waals surface area contributed by atoms with E-state index >= 15 is 0 Å². The molecule has 422 valence electrons. The molecule has 0 bridgehead atoms. The molecule has 0 radical (unpaired) electrons. The van der Waals surface area contributed by atoms with Gasteiger partial charge in [0.25, 0.3) is 0 Å². The Labute approximate surface area is 444 Å². The fourth-order valence-corrected chi connectivity index (χ4v) is 10.0. The summed E-state index contributed by atoms with van der Waals surface area (Å²) in [5.41, 5.74) is 0. The molecule has 0 aliphatic rings. The van der Waals surface area contributed by atoms with Crippen molar-refractivity contribution < 1.29 is 28.6 Å². The molecule has 0 spiro atoms. The minimum Gasteiger partial charge on any atom is -0.462 e. The monoisotopic (exact) mass is 1000 g/mol. The van der Waals surface area contributed by atoms with Crippen LogP contribution in [0.1, 0.15) is 363 Å². The van der Waals surface area contributed by atoms with E-state index in [1.165, 1.54) is 244 Å². The summed E-state index contributed by atoms with van der Waals surface area (Å²) in [5, 5.41) is 0. The summed E-state index contributed by atoms with van der Waals surface area (Å²) in [6.45, 7) is 13.8. The van der Waals surface area contributed by atoms with E-state index in [4.69, 9.17) is 14.2 Å². The predicted molar refractivity (Wildman–Crippen MR) is 307 cm³/mol. The van der Waals surface area contributed by atoms with E-state index in [9.17, 15) is 14.4 Å². The molecule has 0 heterocycles. The molecule has 0 amide bonds. The van der Waals surface area contributed by atoms with Crippen LogP contribution in [0.4, 0.5) is 0 Å². The Morgan fingerprint density at radius 2 is 0.493 bits per heavy atom. The average molecular weight is 1000 g/mol. The van der Waals surface area contributed by atoms with E-state index in [2.05, 4.69) is 41.5 Å². The van der Waals surface area contributed by atoms with Gasteiger partial charge in [-0.3, -0.25) is 14.4 Å². The van der Waals surface area contributed by atoms with Gasteiger partial charge in [0, 0.05) is 19.3 Å². The van der Waals surface area contributed by atoms with Crippen molar-refractivity contribution in [3.8, 4) is 0 Å². The zero-order valence-electron chi connectivity index (χ0n) is 49.0. The summed E-state index contributed by atoms with van der Waals surface area (Å²) in [6.07, 6.45) is 61.0. The zero-order valence-corrected chi connectivity index (χ0v) is 49.0. The lowest BCUT2D eigenvalue weighted by Gasteiger charge is -2.18. The van der Waals surface area contributed by atoms with E-state index in [1.807, 2.05) is 0 Å². The number of rotatable bonds is 58. The Bertz CT molecular complexity index is 1100. The Kier molecular flexibility index (Phi) is 54.9. The highest BCUT2D eigenvalue weighted by Gasteiger charge is 2.19. The van der Waals surface area contributed by atoms with Crippen LogP contribution in [0.15, 0.2) is 0 Å². The summed E-state index contributed by atoms with van der Waals surface area (Å²) in [5.74, 6) is 1.75. The summed E-state index contributed by atoms with van der Waals surface area (Å²) in [7, 11) is 0. The van der Waals surface area contributed by atoms with Crippen molar-refractivity contribution in [3.63, 3.8) is 0 Å². The first-order valence-electron chi connectivity index (χ1n) is 32.1. The Hall–Kier alpha value is -1.59. The van der Waals surface area contributed by atoms with Crippen LogP contribution in [-0.4, -0.2) is 37.2 Å². The predicted octanol–water partition coefficient (Wildman–Crippen LogP) is 21.5. The molecule has 0 fully saturated rings. The molecule has 0 saturated carbocycles. The van der Waals surface area contributed by atoms with Crippen LogP contribution in [0.25, 0.3) is 0 Å². The second-order valence-electron chi connectivity index (χ2n) is 23.6. The number of hydrogen-bond acceptors (Lipinski definition) is 6. The van der Waals surface area contributed by atoms with Gasteiger partial charge < -0.3 is 14.2 Å². The number of hydrogen-bond donors (Lipinski definition) is 0. The number of esters is 3. The fraction of sp³-hybridized carbons (Fsp3) is 0.954. The van der Waals surface area contributed by atoms with Crippen LogP contribution >= 0.6 is 0 Å². The zero-order chi connectivity index (χ0) is 51.9. The molecule has 1 unspecified atom stereocenters. The van der Waals surface area contributed by atoms with E-state index in [-0.39, 0.29) is 31.1 Å². The lowest BCUT2D eigenvalue weighted by molar-refractivity contribution is -0.167. The first-order valence-corrected chi connectivity index (χ1v) is 32.1. The maximum absolute atomic E-state index is 12.9. The highest BCUT2D eigenvalue weighted by atomic mass is 16.6. The molecule has 6 nitrogen and oxygen atoms in total. The highest BCUT2D eigenvalue weighted by molar-refractivity contribution is 5.71. The van der Waals surface area contributed by atoms with Gasteiger partial charge in [0.1, 0.15) is 13.2 Å². The number of unbranched alkanes of at least 4 members (excludes halogenated alkanes) is 40. The van der Waals surface area contributed by atoms with Crippen LogP contribution in [0.5, 0.6) is 0 Å². The highest BCUT2D eigenvalue weighted by Crippen LogP contribution is 2.19. The largest absolute Gasteiger partial charge is 0.462 e. The van der Waals surface area contributed by atoms with Crippen molar-refractivity contribution in [2.45, 2.75) is 369 Å².